The predicted octanol–water partition coefficient (Wildman–Crippen LogP) is 4.13. The summed E-state index contributed by atoms with van der Waals surface area (Å²) in [7, 11) is 0. The van der Waals surface area contributed by atoms with Gasteiger partial charge in [0.25, 0.3) is 0 Å². The maximum atomic E-state index is 13.3. The Morgan fingerprint density at radius 2 is 1.08 bits per heavy atom. The second kappa shape index (κ2) is 6.31. The van der Waals surface area contributed by atoms with E-state index >= 15 is 0 Å². The third-order valence-corrected chi connectivity index (χ3v) is 1.98. The molecule has 0 spiro atoms. The summed E-state index contributed by atoms with van der Waals surface area (Å²) in [4.78, 5) is 10.6. The monoisotopic (exact) mass is 412 g/mol. The molecule has 0 aliphatic carbocycles. The molecule has 0 aliphatic rings. The van der Waals surface area contributed by atoms with Crippen molar-refractivity contribution in [1.82, 2.24) is 0 Å². The molecule has 0 aromatic rings. The number of hydrogen-bond donors (Lipinski definition) is 0. The first kappa shape index (κ1) is 23.4. The van der Waals surface area contributed by atoms with Gasteiger partial charge in [-0.25, -0.2) is 4.79 Å². The van der Waals surface area contributed by atoms with E-state index in [-0.39, 0.29) is 0 Å². The minimum absolute atomic E-state index is 1.67. The van der Waals surface area contributed by atoms with E-state index in [0.29, 0.717) is 0 Å². The molecular weight excluding hydrogens is 410 g/mol. The first-order valence-corrected chi connectivity index (χ1v) is 5.10. The molecule has 0 bridgehead atoms. The van der Waals surface area contributed by atoms with E-state index in [1.165, 1.54) is 0 Å². The summed E-state index contributed by atoms with van der Waals surface area (Å²) < 4.78 is 175. The van der Waals surface area contributed by atoms with Crippen LogP contribution in [-0.2, 0) is 14.3 Å². The van der Waals surface area contributed by atoms with Crippen LogP contribution in [0.5, 0.6) is 0 Å². The lowest BCUT2D eigenvalue weighted by molar-refractivity contribution is -0.475. The van der Waals surface area contributed by atoms with E-state index in [4.69, 9.17) is 0 Å². The zero-order chi connectivity index (χ0) is 20.7. The molecule has 0 saturated carbocycles. The number of halogens is 14. The molecule has 1 unspecified atom stereocenters. The lowest BCUT2D eigenvalue weighted by atomic mass is 10.2. The summed E-state index contributed by atoms with van der Waals surface area (Å²) in [5.74, 6) is -18.2. The molecule has 0 aliphatic heterocycles. The predicted molar refractivity (Wildman–Crippen MR) is 43.9 cm³/mol. The van der Waals surface area contributed by atoms with E-state index in [1.54, 1.807) is 4.74 Å². The van der Waals surface area contributed by atoms with Crippen molar-refractivity contribution in [1.29, 1.82) is 0 Å². The molecule has 0 aromatic carbocycles. The van der Waals surface area contributed by atoms with Crippen LogP contribution in [0.15, 0.2) is 0 Å². The Labute approximate surface area is 126 Å². The smallest absolute Gasteiger partial charge is 0.452 e. The minimum Gasteiger partial charge on any atom is -0.452 e. The highest BCUT2D eigenvalue weighted by Crippen LogP contribution is 2.51. The Kier molecular flexibility index (Phi) is 5.92. The van der Waals surface area contributed by atoms with Crippen molar-refractivity contribution in [3.63, 3.8) is 0 Å². The largest absolute Gasteiger partial charge is 0.462 e. The number of carbonyl (C=O) groups is 1. The van der Waals surface area contributed by atoms with Crippen LogP contribution in [0.3, 0.4) is 0 Å². The SMILES string of the molecule is O=C(OCC(F)(F)F)C(F)(OC(F)(F)C(F)(F)C(F)(F)F)C(F)(F)F. The van der Waals surface area contributed by atoms with Gasteiger partial charge in [0.1, 0.15) is 0 Å². The molecule has 0 amide bonds. The molecule has 25 heavy (non-hydrogen) atoms. The summed E-state index contributed by atoms with van der Waals surface area (Å²) in [6.07, 6.45) is -27.4. The van der Waals surface area contributed by atoms with E-state index in [2.05, 4.69) is 4.74 Å². The fraction of sp³-hybridized carbons (Fsp3) is 0.875. The van der Waals surface area contributed by atoms with Crippen LogP contribution in [0.25, 0.3) is 0 Å². The van der Waals surface area contributed by atoms with Crippen molar-refractivity contribution in [2.75, 3.05) is 6.61 Å². The molecule has 0 aromatic heterocycles. The van der Waals surface area contributed by atoms with Crippen molar-refractivity contribution in [3.05, 3.63) is 0 Å². The molecule has 1 atom stereocenters. The Bertz CT molecular complexity index is 488. The van der Waals surface area contributed by atoms with Gasteiger partial charge in [-0.2, -0.15) is 61.5 Å². The Balaban J connectivity index is 5.82. The lowest BCUT2D eigenvalue weighted by Crippen LogP contribution is -2.62. The molecule has 17 heteroatoms. The van der Waals surface area contributed by atoms with Crippen molar-refractivity contribution < 1.29 is 75.7 Å². The third kappa shape index (κ3) is 4.97. The first-order chi connectivity index (χ1) is 10.6. The Morgan fingerprint density at radius 3 is 1.36 bits per heavy atom. The number of ether oxygens (including phenoxy) is 2. The van der Waals surface area contributed by atoms with Gasteiger partial charge in [0.05, 0.1) is 0 Å². The van der Waals surface area contributed by atoms with E-state index in [1.807, 2.05) is 0 Å². The summed E-state index contributed by atoms with van der Waals surface area (Å²) >= 11 is 0. The van der Waals surface area contributed by atoms with Crippen molar-refractivity contribution in [2.45, 2.75) is 36.4 Å². The third-order valence-electron chi connectivity index (χ3n) is 1.98. The molecule has 0 heterocycles. The maximum Gasteiger partial charge on any atom is 0.462 e. The highest BCUT2D eigenvalue weighted by atomic mass is 19.4. The number of alkyl halides is 14. The van der Waals surface area contributed by atoms with Gasteiger partial charge in [-0.1, -0.05) is 0 Å². The average molecular weight is 412 g/mol. The molecule has 0 N–H and O–H groups in total. The second-order valence-electron chi connectivity index (χ2n) is 3.98. The Hall–Kier alpha value is -1.55. The highest BCUT2D eigenvalue weighted by Gasteiger charge is 2.80. The molecule has 0 rings (SSSR count). The topological polar surface area (TPSA) is 35.5 Å². The van der Waals surface area contributed by atoms with Crippen LogP contribution in [0.4, 0.5) is 61.5 Å². The molecule has 0 fully saturated rings. The lowest BCUT2D eigenvalue weighted by Gasteiger charge is -2.33. The highest BCUT2D eigenvalue weighted by molar-refractivity contribution is 5.79. The summed E-state index contributed by atoms with van der Waals surface area (Å²) in [5.41, 5.74) is 0. The van der Waals surface area contributed by atoms with E-state index < -0.39 is 49.0 Å². The van der Waals surface area contributed by atoms with Gasteiger partial charge in [-0.05, 0) is 0 Å². The average Bonchev–Trinajstić information content (AvgIpc) is 2.31. The number of carbonyl (C=O) groups excluding carboxylic acids is 1. The van der Waals surface area contributed by atoms with Crippen LogP contribution in [0.1, 0.15) is 0 Å². The van der Waals surface area contributed by atoms with Gasteiger partial charge in [-0.15, -0.1) is 0 Å². The quantitative estimate of drug-likeness (QED) is 0.504. The van der Waals surface area contributed by atoms with Crippen LogP contribution >= 0.6 is 0 Å². The van der Waals surface area contributed by atoms with E-state index in [9.17, 15) is 66.3 Å². The zero-order valence-electron chi connectivity index (χ0n) is 10.7. The van der Waals surface area contributed by atoms with Crippen LogP contribution in [-0.4, -0.2) is 49.0 Å². The van der Waals surface area contributed by atoms with Crippen molar-refractivity contribution in [2.24, 2.45) is 0 Å². The van der Waals surface area contributed by atoms with Crippen LogP contribution in [0.2, 0.25) is 0 Å². The van der Waals surface area contributed by atoms with Gasteiger partial charge in [0.2, 0.25) is 0 Å². The first-order valence-electron chi connectivity index (χ1n) is 5.10. The standard InChI is InChI=1S/C8H2F14O3/c9-3(10,11)1-24-2(23)4(12,6(15,16)17)25-8(21,22)5(13,14)7(18,19)20/h1H2. The molecule has 150 valence electrons. The van der Waals surface area contributed by atoms with Crippen molar-refractivity contribution in [3.8, 4) is 0 Å². The van der Waals surface area contributed by atoms with E-state index in [0.717, 1.165) is 0 Å². The summed E-state index contributed by atoms with van der Waals surface area (Å²) in [5, 5.41) is 0. The second-order valence-corrected chi connectivity index (χ2v) is 3.98. The summed E-state index contributed by atoms with van der Waals surface area (Å²) in [6.45, 7) is -3.02. The normalized spacial score (nSPS) is 17.2. The number of esters is 1. The fourth-order valence-corrected chi connectivity index (χ4v) is 0.861. The minimum atomic E-state index is -7.45. The number of hydrogen-bond acceptors (Lipinski definition) is 3. The van der Waals surface area contributed by atoms with Crippen LogP contribution in [0, 0.1) is 0 Å². The van der Waals surface area contributed by atoms with Gasteiger partial charge in [0, 0.05) is 0 Å². The molecular formula is C8H2F14O3. The summed E-state index contributed by atoms with van der Waals surface area (Å²) in [6, 6.07) is 0. The van der Waals surface area contributed by atoms with Crippen molar-refractivity contribution >= 4 is 5.97 Å². The molecule has 0 saturated heterocycles. The maximum absolute atomic E-state index is 13.3. The molecule has 0 radical (unpaired) electrons. The van der Waals surface area contributed by atoms with Gasteiger partial charge < -0.3 is 4.74 Å². The van der Waals surface area contributed by atoms with Gasteiger partial charge in [0.15, 0.2) is 6.61 Å². The number of rotatable bonds is 5. The van der Waals surface area contributed by atoms with Crippen LogP contribution < -0.4 is 0 Å². The fourth-order valence-electron chi connectivity index (χ4n) is 0.861. The van der Waals surface area contributed by atoms with Gasteiger partial charge in [-0.3, -0.25) is 4.74 Å². The Morgan fingerprint density at radius 1 is 0.680 bits per heavy atom. The zero-order valence-corrected chi connectivity index (χ0v) is 10.7. The molecule has 3 nitrogen and oxygen atoms in total. The van der Waals surface area contributed by atoms with Gasteiger partial charge >= 0.3 is 42.4 Å².